The number of furan rings is 1. The van der Waals surface area contributed by atoms with Crippen LogP contribution >= 0.6 is 0 Å². The predicted molar refractivity (Wildman–Crippen MR) is 81.6 cm³/mol. The van der Waals surface area contributed by atoms with Gasteiger partial charge in [0.2, 0.25) is 5.09 Å². The molecular formula is C13H16N4O6S. The number of H-pyrrole nitrogens is 1. The van der Waals surface area contributed by atoms with Crippen LogP contribution in [0.4, 0.5) is 0 Å². The summed E-state index contributed by atoms with van der Waals surface area (Å²) in [6.07, 6.45) is 0. The Hall–Kier alpha value is -2.50. The molecule has 0 spiro atoms. The average molecular weight is 356 g/mol. The van der Waals surface area contributed by atoms with Gasteiger partial charge in [0.05, 0.1) is 19.3 Å². The van der Waals surface area contributed by atoms with Gasteiger partial charge in [-0.15, -0.1) is 0 Å². The highest BCUT2D eigenvalue weighted by Crippen LogP contribution is 2.19. The van der Waals surface area contributed by atoms with Gasteiger partial charge in [-0.3, -0.25) is 4.79 Å². The quantitative estimate of drug-likeness (QED) is 0.579. The molecule has 24 heavy (non-hydrogen) atoms. The van der Waals surface area contributed by atoms with Gasteiger partial charge in [0.1, 0.15) is 17.1 Å². The van der Waals surface area contributed by atoms with Gasteiger partial charge in [0, 0.05) is 18.7 Å². The van der Waals surface area contributed by atoms with Gasteiger partial charge >= 0.3 is 5.97 Å². The molecule has 0 aliphatic rings. The molecule has 0 saturated heterocycles. The van der Waals surface area contributed by atoms with Gasteiger partial charge in [-0.25, -0.2) is 22.9 Å². The second-order valence-corrected chi connectivity index (χ2v) is 6.44. The van der Waals surface area contributed by atoms with Gasteiger partial charge in [-0.2, -0.15) is 0 Å². The number of nitrogens with two attached hydrogens (primary N) is 1. The summed E-state index contributed by atoms with van der Waals surface area (Å²) in [4.78, 5) is 29.3. The monoisotopic (exact) mass is 356 g/mol. The maximum absolute atomic E-state index is 12.2. The van der Waals surface area contributed by atoms with E-state index in [0.717, 1.165) is 6.07 Å². The van der Waals surface area contributed by atoms with Crippen molar-refractivity contribution in [1.82, 2.24) is 14.7 Å². The van der Waals surface area contributed by atoms with E-state index < -0.39 is 26.6 Å². The molecule has 130 valence electrons. The number of ether oxygens (including phenoxy) is 1. The summed E-state index contributed by atoms with van der Waals surface area (Å²) < 4.78 is 36.3. The number of carbonyl (C=O) groups excluding carboxylic acids is 1. The van der Waals surface area contributed by atoms with Crippen molar-refractivity contribution < 1.29 is 22.4 Å². The third-order valence-corrected chi connectivity index (χ3v) is 4.30. The maximum Gasteiger partial charge on any atom is 0.341 e. The average Bonchev–Trinajstić information content (AvgIpc) is 2.94. The van der Waals surface area contributed by atoms with E-state index in [4.69, 9.17) is 10.2 Å². The Kier molecular flexibility index (Phi) is 5.17. The molecule has 0 aliphatic heterocycles. The number of hydrogen-bond acceptors (Lipinski definition) is 8. The van der Waals surface area contributed by atoms with Crippen molar-refractivity contribution in [3.63, 3.8) is 0 Å². The predicted octanol–water partition coefficient (Wildman–Crippen LogP) is -0.605. The molecule has 0 bridgehead atoms. The van der Waals surface area contributed by atoms with Crippen LogP contribution in [0.2, 0.25) is 0 Å². The van der Waals surface area contributed by atoms with E-state index in [1.54, 1.807) is 0 Å². The standard InChI is InChI=1S/C13H16N4O6S/c1-7-9(13(19)22-2)4-12(23-7)24(20,21)15-6-10-16-8(5-14)3-11(18)17-10/h3-4,15H,5-6,14H2,1-2H3,(H,16,17,18). The van der Waals surface area contributed by atoms with Crippen LogP contribution in [0.15, 0.2) is 26.4 Å². The molecule has 11 heteroatoms. The molecule has 0 aliphatic carbocycles. The Bertz CT molecular complexity index is 915. The summed E-state index contributed by atoms with van der Waals surface area (Å²) >= 11 is 0. The van der Waals surface area contributed by atoms with Crippen LogP contribution in [0.25, 0.3) is 0 Å². The van der Waals surface area contributed by atoms with Crippen molar-refractivity contribution in [3.8, 4) is 0 Å². The minimum absolute atomic E-state index is 0.00883. The van der Waals surface area contributed by atoms with Gasteiger partial charge in [0.15, 0.2) is 0 Å². The Morgan fingerprint density at radius 3 is 2.79 bits per heavy atom. The molecule has 2 rings (SSSR count). The first-order valence-corrected chi connectivity index (χ1v) is 8.22. The maximum atomic E-state index is 12.2. The van der Waals surface area contributed by atoms with Crippen LogP contribution in [0.1, 0.15) is 27.6 Å². The highest BCUT2D eigenvalue weighted by Gasteiger charge is 2.24. The fourth-order valence-corrected chi connectivity index (χ4v) is 2.86. The van der Waals surface area contributed by atoms with Gasteiger partial charge in [0.25, 0.3) is 15.6 Å². The second-order valence-electron chi connectivity index (χ2n) is 4.74. The first-order valence-electron chi connectivity index (χ1n) is 6.74. The Morgan fingerprint density at radius 1 is 1.46 bits per heavy atom. The molecule has 0 aromatic carbocycles. The first-order chi connectivity index (χ1) is 11.3. The molecule has 4 N–H and O–H groups in total. The molecule has 0 saturated carbocycles. The fourth-order valence-electron chi connectivity index (χ4n) is 1.89. The minimum atomic E-state index is -4.05. The number of sulfonamides is 1. The van der Waals surface area contributed by atoms with E-state index in [9.17, 15) is 18.0 Å². The second kappa shape index (κ2) is 6.95. The molecule has 0 radical (unpaired) electrons. The number of aromatic nitrogens is 2. The van der Waals surface area contributed by atoms with Gasteiger partial charge < -0.3 is 19.9 Å². The number of carbonyl (C=O) groups is 1. The molecule has 0 atom stereocenters. The van der Waals surface area contributed by atoms with Gasteiger partial charge in [-0.05, 0) is 6.92 Å². The number of hydrogen-bond donors (Lipinski definition) is 3. The van der Waals surface area contributed by atoms with E-state index >= 15 is 0 Å². The van der Waals surface area contributed by atoms with E-state index in [1.807, 2.05) is 0 Å². The molecular weight excluding hydrogens is 340 g/mol. The van der Waals surface area contributed by atoms with E-state index in [0.29, 0.717) is 5.69 Å². The molecule has 10 nitrogen and oxygen atoms in total. The smallest absolute Gasteiger partial charge is 0.341 e. The lowest BCUT2D eigenvalue weighted by Crippen LogP contribution is -2.26. The van der Waals surface area contributed by atoms with E-state index in [-0.39, 0.29) is 30.2 Å². The van der Waals surface area contributed by atoms with Crippen LogP contribution in [0.5, 0.6) is 0 Å². The lowest BCUT2D eigenvalue weighted by atomic mass is 10.3. The van der Waals surface area contributed by atoms with E-state index in [1.165, 1.54) is 20.1 Å². The third kappa shape index (κ3) is 3.88. The van der Waals surface area contributed by atoms with Crippen molar-refractivity contribution >= 4 is 16.0 Å². The zero-order chi connectivity index (χ0) is 17.9. The van der Waals surface area contributed by atoms with Crippen LogP contribution in [-0.4, -0.2) is 31.5 Å². The zero-order valence-corrected chi connectivity index (χ0v) is 13.8. The molecule has 0 amide bonds. The molecule has 2 heterocycles. The van der Waals surface area contributed by atoms with Gasteiger partial charge in [-0.1, -0.05) is 0 Å². The van der Waals surface area contributed by atoms with Crippen LogP contribution in [-0.2, 0) is 27.8 Å². The van der Waals surface area contributed by atoms with Crippen LogP contribution in [0, 0.1) is 6.92 Å². The number of methoxy groups -OCH3 is 1. The lowest BCUT2D eigenvalue weighted by Gasteiger charge is -2.05. The van der Waals surface area contributed by atoms with Crippen molar-refractivity contribution in [1.29, 1.82) is 0 Å². The normalized spacial score (nSPS) is 11.5. The number of nitrogens with zero attached hydrogens (tertiary/aromatic N) is 1. The van der Waals surface area contributed by atoms with Crippen molar-refractivity contribution in [3.05, 3.63) is 45.3 Å². The topological polar surface area (TPSA) is 157 Å². The number of esters is 1. The van der Waals surface area contributed by atoms with Crippen molar-refractivity contribution in [2.24, 2.45) is 5.73 Å². The minimum Gasteiger partial charge on any atom is -0.465 e. The number of aromatic amines is 1. The summed E-state index contributed by atoms with van der Waals surface area (Å²) in [6.45, 7) is 1.21. The summed E-state index contributed by atoms with van der Waals surface area (Å²) in [6, 6.07) is 2.28. The molecule has 2 aromatic rings. The summed E-state index contributed by atoms with van der Waals surface area (Å²) in [5, 5.41) is -0.447. The molecule has 0 unspecified atom stereocenters. The van der Waals surface area contributed by atoms with Crippen molar-refractivity contribution in [2.75, 3.05) is 7.11 Å². The summed E-state index contributed by atoms with van der Waals surface area (Å²) in [7, 11) is -2.88. The van der Waals surface area contributed by atoms with Crippen LogP contribution in [0.3, 0.4) is 0 Å². The third-order valence-electron chi connectivity index (χ3n) is 3.05. The summed E-state index contributed by atoms with van der Waals surface area (Å²) in [5.74, 6) is -0.499. The number of rotatable bonds is 6. The summed E-state index contributed by atoms with van der Waals surface area (Å²) in [5.41, 5.74) is 5.30. The Balaban J connectivity index is 2.22. The highest BCUT2D eigenvalue weighted by atomic mass is 32.2. The highest BCUT2D eigenvalue weighted by molar-refractivity contribution is 7.89. The van der Waals surface area contributed by atoms with Crippen LogP contribution < -0.4 is 16.0 Å². The van der Waals surface area contributed by atoms with E-state index in [2.05, 4.69) is 19.4 Å². The lowest BCUT2D eigenvalue weighted by molar-refractivity contribution is 0.0598. The number of aryl methyl sites for hydroxylation is 1. The Morgan fingerprint density at radius 2 is 2.17 bits per heavy atom. The SMILES string of the molecule is COC(=O)c1cc(S(=O)(=O)NCc2nc(CN)cc(=O)[nH]2)oc1C. The largest absolute Gasteiger partial charge is 0.465 e. The fraction of sp³-hybridized carbons (Fsp3) is 0.308. The molecule has 0 fully saturated rings. The molecule has 2 aromatic heterocycles. The Labute approximate surface area is 137 Å². The zero-order valence-electron chi connectivity index (χ0n) is 13.0. The first kappa shape index (κ1) is 17.8. The van der Waals surface area contributed by atoms with Crippen molar-refractivity contribution in [2.45, 2.75) is 25.1 Å². The number of nitrogens with one attached hydrogen (secondary N) is 2.